The van der Waals surface area contributed by atoms with Gasteiger partial charge in [-0.3, -0.25) is 4.79 Å². The van der Waals surface area contributed by atoms with Crippen LogP contribution in [0, 0.1) is 0 Å². The normalized spacial score (nSPS) is 15.6. The number of amides is 1. The SMILES string of the molecule is CC(CC(=O)N1CCC(n2c(Cc3ccccc3)nc3ccccc32)CC1)c1ccccc1. The van der Waals surface area contributed by atoms with E-state index in [1.807, 2.05) is 18.2 Å². The predicted molar refractivity (Wildman–Crippen MR) is 133 cm³/mol. The number of carbonyl (C=O) groups is 1. The first-order valence-electron chi connectivity index (χ1n) is 12.0. The summed E-state index contributed by atoms with van der Waals surface area (Å²) in [7, 11) is 0. The molecule has 0 bridgehead atoms. The number of fused-ring (bicyclic) bond motifs is 1. The van der Waals surface area contributed by atoms with Crippen LogP contribution in [0.25, 0.3) is 11.0 Å². The summed E-state index contributed by atoms with van der Waals surface area (Å²) in [5, 5.41) is 0. The first-order valence-corrected chi connectivity index (χ1v) is 12.0. The molecule has 0 spiro atoms. The molecule has 1 aromatic heterocycles. The molecule has 4 heteroatoms. The molecule has 0 radical (unpaired) electrons. The Labute approximate surface area is 195 Å². The molecule has 5 rings (SSSR count). The fourth-order valence-corrected chi connectivity index (χ4v) is 5.07. The van der Waals surface area contributed by atoms with E-state index >= 15 is 0 Å². The van der Waals surface area contributed by atoms with Crippen molar-refractivity contribution in [1.29, 1.82) is 0 Å². The van der Waals surface area contributed by atoms with Crippen LogP contribution in [0.15, 0.2) is 84.9 Å². The Morgan fingerprint density at radius 1 is 0.909 bits per heavy atom. The van der Waals surface area contributed by atoms with Crippen LogP contribution in [-0.4, -0.2) is 33.4 Å². The third kappa shape index (κ3) is 4.70. The van der Waals surface area contributed by atoms with E-state index in [0.717, 1.165) is 43.7 Å². The number of nitrogens with zero attached hydrogens (tertiary/aromatic N) is 3. The average Bonchev–Trinajstić information content (AvgIpc) is 3.23. The standard InChI is InChI=1S/C29H31N3O/c1-22(24-12-6-3-7-13-24)20-29(33)31-18-16-25(17-19-31)32-27-15-9-8-14-26(27)30-28(32)21-23-10-4-2-5-11-23/h2-15,22,25H,16-21H2,1H3. The largest absolute Gasteiger partial charge is 0.343 e. The lowest BCUT2D eigenvalue weighted by Crippen LogP contribution is -2.39. The van der Waals surface area contributed by atoms with Gasteiger partial charge in [0.15, 0.2) is 0 Å². The van der Waals surface area contributed by atoms with Gasteiger partial charge in [-0.05, 0) is 42.0 Å². The Hall–Kier alpha value is -3.40. The van der Waals surface area contributed by atoms with Gasteiger partial charge < -0.3 is 9.47 Å². The number of piperidine rings is 1. The molecule has 2 heterocycles. The molecule has 1 aliphatic heterocycles. The maximum atomic E-state index is 13.0. The van der Waals surface area contributed by atoms with Gasteiger partial charge in [0.25, 0.3) is 0 Å². The third-order valence-electron chi connectivity index (χ3n) is 6.91. The van der Waals surface area contributed by atoms with Crippen LogP contribution in [0.1, 0.15) is 55.1 Å². The van der Waals surface area contributed by atoms with Crippen molar-refractivity contribution in [2.75, 3.05) is 13.1 Å². The van der Waals surface area contributed by atoms with Crippen molar-refractivity contribution < 1.29 is 4.79 Å². The quantitative estimate of drug-likeness (QED) is 0.372. The summed E-state index contributed by atoms with van der Waals surface area (Å²) >= 11 is 0. The minimum atomic E-state index is 0.242. The van der Waals surface area contributed by atoms with Gasteiger partial charge >= 0.3 is 0 Å². The number of aromatic nitrogens is 2. The second-order valence-corrected chi connectivity index (χ2v) is 9.18. The Morgan fingerprint density at radius 2 is 1.55 bits per heavy atom. The molecular weight excluding hydrogens is 406 g/mol. The minimum Gasteiger partial charge on any atom is -0.343 e. The van der Waals surface area contributed by atoms with Crippen LogP contribution in [0.3, 0.4) is 0 Å². The highest BCUT2D eigenvalue weighted by atomic mass is 16.2. The van der Waals surface area contributed by atoms with Gasteiger partial charge in [0.05, 0.1) is 11.0 Å². The number of benzene rings is 3. The lowest BCUT2D eigenvalue weighted by atomic mass is 9.96. The van der Waals surface area contributed by atoms with Crippen molar-refractivity contribution in [1.82, 2.24) is 14.5 Å². The van der Waals surface area contributed by atoms with E-state index in [0.29, 0.717) is 12.5 Å². The molecule has 1 saturated heterocycles. The molecule has 1 atom stereocenters. The van der Waals surface area contributed by atoms with Crippen molar-refractivity contribution in [3.05, 3.63) is 102 Å². The van der Waals surface area contributed by atoms with Crippen molar-refractivity contribution in [2.45, 2.75) is 44.6 Å². The van der Waals surface area contributed by atoms with Crippen molar-refractivity contribution >= 4 is 16.9 Å². The van der Waals surface area contributed by atoms with Crippen molar-refractivity contribution in [3.63, 3.8) is 0 Å². The summed E-state index contributed by atoms with van der Waals surface area (Å²) < 4.78 is 2.44. The number of likely N-dealkylation sites (tertiary alicyclic amines) is 1. The van der Waals surface area contributed by atoms with E-state index in [1.165, 1.54) is 16.6 Å². The zero-order valence-corrected chi connectivity index (χ0v) is 19.2. The van der Waals surface area contributed by atoms with Gasteiger partial charge in [-0.25, -0.2) is 4.98 Å². The van der Waals surface area contributed by atoms with Gasteiger partial charge in [-0.1, -0.05) is 79.7 Å². The molecule has 0 saturated carbocycles. The molecule has 1 aliphatic rings. The zero-order valence-electron chi connectivity index (χ0n) is 19.2. The van der Waals surface area contributed by atoms with Gasteiger partial charge in [0.2, 0.25) is 5.91 Å². The molecule has 4 nitrogen and oxygen atoms in total. The molecular formula is C29H31N3O. The molecule has 168 valence electrons. The highest BCUT2D eigenvalue weighted by Crippen LogP contribution is 2.31. The zero-order chi connectivity index (χ0) is 22.6. The Bertz CT molecular complexity index is 1210. The number of imidazole rings is 1. The number of rotatable bonds is 6. The minimum absolute atomic E-state index is 0.242. The molecule has 33 heavy (non-hydrogen) atoms. The van der Waals surface area contributed by atoms with Crippen LogP contribution in [0.5, 0.6) is 0 Å². The predicted octanol–water partition coefficient (Wildman–Crippen LogP) is 5.98. The van der Waals surface area contributed by atoms with E-state index in [2.05, 4.69) is 83.1 Å². The molecule has 0 N–H and O–H groups in total. The Morgan fingerprint density at radius 3 is 2.27 bits per heavy atom. The maximum absolute atomic E-state index is 13.0. The van der Waals surface area contributed by atoms with E-state index < -0.39 is 0 Å². The van der Waals surface area contributed by atoms with Crippen LogP contribution in [0.2, 0.25) is 0 Å². The molecule has 1 amide bonds. The monoisotopic (exact) mass is 437 g/mol. The molecule has 1 unspecified atom stereocenters. The van der Waals surface area contributed by atoms with E-state index in [9.17, 15) is 4.79 Å². The van der Waals surface area contributed by atoms with Crippen molar-refractivity contribution in [2.24, 2.45) is 0 Å². The van der Waals surface area contributed by atoms with Crippen LogP contribution in [0.4, 0.5) is 0 Å². The highest BCUT2D eigenvalue weighted by Gasteiger charge is 2.27. The third-order valence-corrected chi connectivity index (χ3v) is 6.91. The van der Waals surface area contributed by atoms with E-state index in [4.69, 9.17) is 4.98 Å². The Kier molecular flexibility index (Phi) is 6.25. The summed E-state index contributed by atoms with van der Waals surface area (Å²) in [6.07, 6.45) is 3.33. The molecule has 0 aliphatic carbocycles. The fraction of sp³-hybridized carbons (Fsp3) is 0.310. The number of para-hydroxylation sites is 2. The summed E-state index contributed by atoms with van der Waals surface area (Å²) in [6, 6.07) is 29.7. The fourth-order valence-electron chi connectivity index (χ4n) is 5.07. The number of hydrogen-bond acceptors (Lipinski definition) is 2. The Balaban J connectivity index is 1.30. The number of carbonyl (C=O) groups excluding carboxylic acids is 1. The highest BCUT2D eigenvalue weighted by molar-refractivity contribution is 5.78. The van der Waals surface area contributed by atoms with Crippen LogP contribution in [-0.2, 0) is 11.2 Å². The second-order valence-electron chi connectivity index (χ2n) is 9.18. The average molecular weight is 438 g/mol. The molecule has 4 aromatic rings. The van der Waals surface area contributed by atoms with Gasteiger partial charge in [0, 0.05) is 32.0 Å². The van der Waals surface area contributed by atoms with Gasteiger partial charge in [-0.15, -0.1) is 0 Å². The second kappa shape index (κ2) is 9.62. The van der Waals surface area contributed by atoms with E-state index in [-0.39, 0.29) is 11.8 Å². The summed E-state index contributed by atoms with van der Waals surface area (Å²) in [6.45, 7) is 3.76. The van der Waals surface area contributed by atoms with Crippen LogP contribution >= 0.6 is 0 Å². The van der Waals surface area contributed by atoms with E-state index in [1.54, 1.807) is 0 Å². The maximum Gasteiger partial charge on any atom is 0.223 e. The smallest absolute Gasteiger partial charge is 0.223 e. The molecule has 3 aromatic carbocycles. The summed E-state index contributed by atoms with van der Waals surface area (Å²) in [5.74, 6) is 1.63. The summed E-state index contributed by atoms with van der Waals surface area (Å²) in [5.41, 5.74) is 4.76. The van der Waals surface area contributed by atoms with Gasteiger partial charge in [-0.2, -0.15) is 0 Å². The van der Waals surface area contributed by atoms with Gasteiger partial charge in [0.1, 0.15) is 5.82 Å². The lowest BCUT2D eigenvalue weighted by Gasteiger charge is -2.34. The lowest BCUT2D eigenvalue weighted by molar-refractivity contribution is -0.132. The molecule has 1 fully saturated rings. The summed E-state index contributed by atoms with van der Waals surface area (Å²) in [4.78, 5) is 20.1. The number of hydrogen-bond donors (Lipinski definition) is 0. The first-order chi connectivity index (χ1) is 16.2. The van der Waals surface area contributed by atoms with Crippen molar-refractivity contribution in [3.8, 4) is 0 Å². The topological polar surface area (TPSA) is 38.1 Å². The first kappa shape index (κ1) is 21.4. The van der Waals surface area contributed by atoms with Crippen LogP contribution < -0.4 is 0 Å².